The quantitative estimate of drug-likeness (QED) is 0.214. The zero-order valence-electron chi connectivity index (χ0n) is 21.6. The molecule has 12 nitrogen and oxygen atoms in total. The highest BCUT2D eigenvalue weighted by Crippen LogP contribution is 2.23. The number of anilines is 1. The standard InChI is InChI=1S/C27H31N5O7/c1-2-37-24(34)17-31-13-12-30(16-23(31)33)14-22-15-32(27(36)39-22)21-10-8-20(9-11-21)25(28)29-26(35)38-18-19-6-4-3-5-7-19/h3-11,22H,2,12-18H2,1H3,(H2,28,29,35). The highest BCUT2D eigenvalue weighted by molar-refractivity contribution is 6.04. The molecule has 0 radical (unpaired) electrons. The zero-order chi connectivity index (χ0) is 27.8. The van der Waals surface area contributed by atoms with Crippen molar-refractivity contribution in [2.75, 3.05) is 50.8 Å². The van der Waals surface area contributed by atoms with Crippen molar-refractivity contribution < 1.29 is 33.4 Å². The van der Waals surface area contributed by atoms with Crippen LogP contribution in [0.5, 0.6) is 0 Å². The SMILES string of the molecule is CCOC(=O)CN1CCN(CC2CN(c3ccc(C(=N)NC(=O)OCc4ccccc4)cc3)C(=O)O2)CC1=O. The van der Waals surface area contributed by atoms with Gasteiger partial charge in [0.25, 0.3) is 0 Å². The molecule has 3 amide bonds. The summed E-state index contributed by atoms with van der Waals surface area (Å²) in [5, 5.41) is 10.5. The van der Waals surface area contributed by atoms with Gasteiger partial charge in [-0.15, -0.1) is 0 Å². The number of benzene rings is 2. The number of cyclic esters (lactones) is 1. The third-order valence-corrected chi connectivity index (χ3v) is 6.27. The molecule has 2 heterocycles. The molecule has 4 rings (SSSR count). The van der Waals surface area contributed by atoms with E-state index in [1.807, 2.05) is 35.2 Å². The van der Waals surface area contributed by atoms with Crippen LogP contribution in [-0.2, 0) is 30.4 Å². The van der Waals surface area contributed by atoms with E-state index in [4.69, 9.17) is 19.6 Å². The second-order valence-corrected chi connectivity index (χ2v) is 9.08. The smallest absolute Gasteiger partial charge is 0.414 e. The summed E-state index contributed by atoms with van der Waals surface area (Å²) in [6.07, 6.45) is -1.67. The minimum Gasteiger partial charge on any atom is -0.465 e. The molecule has 12 heteroatoms. The minimum atomic E-state index is -0.737. The molecule has 2 N–H and O–H groups in total. The number of nitrogens with one attached hydrogen (secondary N) is 2. The molecule has 0 saturated carbocycles. The van der Waals surface area contributed by atoms with Crippen LogP contribution < -0.4 is 10.2 Å². The van der Waals surface area contributed by atoms with Gasteiger partial charge in [0.15, 0.2) is 0 Å². The molecule has 39 heavy (non-hydrogen) atoms. The van der Waals surface area contributed by atoms with Gasteiger partial charge in [-0.05, 0) is 36.8 Å². The van der Waals surface area contributed by atoms with Crippen molar-refractivity contribution >= 4 is 35.6 Å². The molecule has 1 unspecified atom stereocenters. The summed E-state index contributed by atoms with van der Waals surface area (Å²) >= 11 is 0. The number of amidine groups is 1. The maximum atomic E-state index is 12.5. The topological polar surface area (TPSA) is 142 Å². The average molecular weight is 538 g/mol. The molecule has 2 aromatic rings. The first-order chi connectivity index (χ1) is 18.8. The van der Waals surface area contributed by atoms with E-state index in [1.165, 1.54) is 9.80 Å². The van der Waals surface area contributed by atoms with Gasteiger partial charge in [-0.1, -0.05) is 30.3 Å². The fraction of sp³-hybridized carbons (Fsp3) is 0.370. The van der Waals surface area contributed by atoms with Gasteiger partial charge in [0, 0.05) is 30.9 Å². The fourth-order valence-electron chi connectivity index (χ4n) is 4.30. The minimum absolute atomic E-state index is 0.0649. The summed E-state index contributed by atoms with van der Waals surface area (Å²) in [6.45, 7) is 3.77. The third-order valence-electron chi connectivity index (χ3n) is 6.27. The number of alkyl carbamates (subject to hydrolysis) is 1. The highest BCUT2D eigenvalue weighted by atomic mass is 16.6. The van der Waals surface area contributed by atoms with Crippen LogP contribution in [0.15, 0.2) is 54.6 Å². The van der Waals surface area contributed by atoms with Crippen LogP contribution in [0.25, 0.3) is 0 Å². The number of nitrogens with zero attached hydrogens (tertiary/aromatic N) is 3. The predicted molar refractivity (Wildman–Crippen MR) is 140 cm³/mol. The number of piperazine rings is 1. The van der Waals surface area contributed by atoms with Crippen LogP contribution in [0, 0.1) is 5.41 Å². The van der Waals surface area contributed by atoms with E-state index in [9.17, 15) is 19.2 Å². The summed E-state index contributed by atoms with van der Waals surface area (Å²) < 4.78 is 15.6. The van der Waals surface area contributed by atoms with Crippen molar-refractivity contribution in [3.63, 3.8) is 0 Å². The Morgan fingerprint density at radius 2 is 1.79 bits per heavy atom. The number of ether oxygens (including phenoxy) is 3. The van der Waals surface area contributed by atoms with Crippen LogP contribution in [0.4, 0.5) is 15.3 Å². The number of amides is 3. The molecule has 0 bridgehead atoms. The van der Waals surface area contributed by atoms with Crippen molar-refractivity contribution in [1.82, 2.24) is 15.1 Å². The molecule has 1 atom stereocenters. The van der Waals surface area contributed by atoms with E-state index >= 15 is 0 Å². The van der Waals surface area contributed by atoms with Crippen molar-refractivity contribution in [2.45, 2.75) is 19.6 Å². The van der Waals surface area contributed by atoms with Gasteiger partial charge >= 0.3 is 18.2 Å². The molecule has 2 aliphatic heterocycles. The summed E-state index contributed by atoms with van der Waals surface area (Å²) in [5.74, 6) is -0.737. The molecular formula is C27H31N5O7. The van der Waals surface area contributed by atoms with E-state index in [0.717, 1.165) is 5.56 Å². The Bertz CT molecular complexity index is 1200. The first-order valence-electron chi connectivity index (χ1n) is 12.6. The number of carbonyl (C=O) groups excluding carboxylic acids is 4. The van der Waals surface area contributed by atoms with Gasteiger partial charge in [0.2, 0.25) is 5.91 Å². The number of rotatable bonds is 9. The van der Waals surface area contributed by atoms with Gasteiger partial charge in [-0.2, -0.15) is 0 Å². The van der Waals surface area contributed by atoms with E-state index < -0.39 is 24.3 Å². The monoisotopic (exact) mass is 537 g/mol. The maximum Gasteiger partial charge on any atom is 0.414 e. The fourth-order valence-corrected chi connectivity index (χ4v) is 4.30. The number of carbonyl (C=O) groups is 4. The summed E-state index contributed by atoms with van der Waals surface area (Å²) in [5.41, 5.74) is 1.86. The summed E-state index contributed by atoms with van der Waals surface area (Å²) in [7, 11) is 0. The molecule has 0 spiro atoms. The van der Waals surface area contributed by atoms with E-state index in [1.54, 1.807) is 31.2 Å². The molecule has 2 aliphatic rings. The van der Waals surface area contributed by atoms with Crippen molar-refractivity contribution in [3.05, 3.63) is 65.7 Å². The molecule has 2 saturated heterocycles. The van der Waals surface area contributed by atoms with Gasteiger partial charge in [0.05, 0.1) is 19.7 Å². The Balaban J connectivity index is 1.24. The number of hydrogen-bond donors (Lipinski definition) is 2. The Hall–Kier alpha value is -4.45. The lowest BCUT2D eigenvalue weighted by atomic mass is 10.1. The van der Waals surface area contributed by atoms with Crippen LogP contribution in [-0.4, -0.2) is 91.7 Å². The third kappa shape index (κ3) is 7.54. The van der Waals surface area contributed by atoms with Gasteiger partial charge in [-0.25, -0.2) is 9.59 Å². The van der Waals surface area contributed by atoms with E-state index in [2.05, 4.69) is 5.32 Å². The highest BCUT2D eigenvalue weighted by Gasteiger charge is 2.35. The molecule has 206 valence electrons. The van der Waals surface area contributed by atoms with E-state index in [-0.39, 0.29) is 38.0 Å². The van der Waals surface area contributed by atoms with E-state index in [0.29, 0.717) is 37.4 Å². The Kier molecular flexibility index (Phi) is 9.10. The van der Waals surface area contributed by atoms with Crippen molar-refractivity contribution in [2.24, 2.45) is 0 Å². The number of esters is 1. The first-order valence-corrected chi connectivity index (χ1v) is 12.6. The second kappa shape index (κ2) is 12.9. The maximum absolute atomic E-state index is 12.5. The van der Waals surface area contributed by atoms with Crippen molar-refractivity contribution in [1.29, 1.82) is 5.41 Å². The Morgan fingerprint density at radius 1 is 1.05 bits per heavy atom. The molecule has 0 aromatic heterocycles. The lowest BCUT2D eigenvalue weighted by Crippen LogP contribution is -2.53. The number of hydrogen-bond acceptors (Lipinski definition) is 9. The lowest BCUT2D eigenvalue weighted by Gasteiger charge is -2.34. The van der Waals surface area contributed by atoms with Gasteiger partial charge in [0.1, 0.15) is 25.1 Å². The van der Waals surface area contributed by atoms with Crippen LogP contribution in [0.1, 0.15) is 18.1 Å². The molecule has 2 aromatic carbocycles. The summed E-state index contributed by atoms with van der Waals surface area (Å²) in [4.78, 5) is 53.5. The largest absolute Gasteiger partial charge is 0.465 e. The molecule has 2 fully saturated rings. The van der Waals surface area contributed by atoms with Crippen molar-refractivity contribution in [3.8, 4) is 0 Å². The lowest BCUT2D eigenvalue weighted by molar-refractivity contribution is -0.151. The van der Waals surface area contributed by atoms with Crippen LogP contribution in [0.2, 0.25) is 0 Å². The van der Waals surface area contributed by atoms with Gasteiger partial charge < -0.3 is 19.1 Å². The van der Waals surface area contributed by atoms with Gasteiger partial charge in [-0.3, -0.25) is 30.1 Å². The average Bonchev–Trinajstić information content (AvgIpc) is 3.29. The first kappa shape index (κ1) is 27.6. The van der Waals surface area contributed by atoms with Crippen LogP contribution in [0.3, 0.4) is 0 Å². The zero-order valence-corrected chi connectivity index (χ0v) is 21.6. The summed E-state index contributed by atoms with van der Waals surface area (Å²) in [6, 6.07) is 15.8. The molecule has 0 aliphatic carbocycles. The second-order valence-electron chi connectivity index (χ2n) is 9.08. The molecular weight excluding hydrogens is 506 g/mol. The van der Waals surface area contributed by atoms with Crippen LogP contribution >= 0.6 is 0 Å². The Morgan fingerprint density at radius 3 is 2.49 bits per heavy atom. The predicted octanol–water partition coefficient (Wildman–Crippen LogP) is 1.97. The normalized spacial score (nSPS) is 17.5. The Labute approximate surface area is 225 Å².